The van der Waals surface area contributed by atoms with Gasteiger partial charge in [-0.25, -0.2) is 4.98 Å². The number of piperidine rings is 1. The van der Waals surface area contributed by atoms with Crippen LogP contribution in [0.1, 0.15) is 34.3 Å². The first kappa shape index (κ1) is 27.8. The minimum absolute atomic E-state index is 0.0322. The van der Waals surface area contributed by atoms with Gasteiger partial charge in [-0.15, -0.1) is 0 Å². The summed E-state index contributed by atoms with van der Waals surface area (Å²) >= 11 is 0. The normalized spacial score (nSPS) is 21.3. The average Bonchev–Trinajstić information content (AvgIpc) is 3.72. The number of allylic oxidation sites excluding steroid dienone is 2. The zero-order chi connectivity index (χ0) is 29.2. The molecule has 1 aromatic carbocycles. The van der Waals surface area contributed by atoms with E-state index in [1.54, 1.807) is 17.2 Å². The first-order chi connectivity index (χ1) is 21.1. The highest BCUT2D eigenvalue weighted by Crippen LogP contribution is 2.32. The zero-order valence-corrected chi connectivity index (χ0v) is 24.2. The number of aromatic nitrogens is 1. The van der Waals surface area contributed by atoms with Crippen LogP contribution in [0.2, 0.25) is 0 Å². The van der Waals surface area contributed by atoms with Gasteiger partial charge >= 0.3 is 0 Å². The van der Waals surface area contributed by atoms with Crippen LogP contribution in [-0.2, 0) is 25.4 Å². The van der Waals surface area contributed by atoms with Crippen LogP contribution < -0.4 is 5.32 Å². The van der Waals surface area contributed by atoms with Crippen LogP contribution in [0, 0.1) is 0 Å². The molecule has 1 aromatic heterocycles. The summed E-state index contributed by atoms with van der Waals surface area (Å²) in [5, 5.41) is 3.42. The van der Waals surface area contributed by atoms with Gasteiger partial charge in [-0.2, -0.15) is 0 Å². The summed E-state index contributed by atoms with van der Waals surface area (Å²) in [7, 11) is 0. The van der Waals surface area contributed by atoms with Gasteiger partial charge in [-0.3, -0.25) is 14.6 Å². The standard InChI is InChI=1S/C32H36N6O5/c39-29(36-9-6-32(7-10-36)42-16-17-43-32)19-23-2-1-3-24(18-23)26-20-27(30-33-8-11-38(30)22-26)35-28-5-4-25(21-34-28)31(40)37-12-14-41-15-13-37/h1-5,18,20-22H,6-17,19H2,(H,34,35). The molecular weight excluding hydrogens is 548 g/mol. The molecule has 224 valence electrons. The average molecular weight is 585 g/mol. The maximum atomic E-state index is 13.2. The minimum Gasteiger partial charge on any atom is -0.378 e. The van der Waals surface area contributed by atoms with Crippen molar-refractivity contribution in [1.29, 1.82) is 0 Å². The van der Waals surface area contributed by atoms with Crippen molar-refractivity contribution in [3.63, 3.8) is 0 Å². The van der Waals surface area contributed by atoms with Crippen LogP contribution in [-0.4, -0.2) is 109 Å². The maximum absolute atomic E-state index is 13.2. The second-order valence-electron chi connectivity index (χ2n) is 11.4. The van der Waals surface area contributed by atoms with Crippen LogP contribution in [0.3, 0.4) is 0 Å². The third-order valence-electron chi connectivity index (χ3n) is 8.59. The molecule has 0 saturated carbocycles. The Labute approximate surface area is 250 Å². The van der Waals surface area contributed by atoms with Gasteiger partial charge in [0.1, 0.15) is 5.82 Å². The molecule has 0 radical (unpaired) electrons. The minimum atomic E-state index is -0.488. The van der Waals surface area contributed by atoms with Crippen molar-refractivity contribution in [3.8, 4) is 0 Å². The molecule has 1 spiro atoms. The van der Waals surface area contributed by atoms with Gasteiger partial charge < -0.3 is 34.2 Å². The van der Waals surface area contributed by atoms with Crippen LogP contribution in [0.4, 0.5) is 5.82 Å². The van der Waals surface area contributed by atoms with E-state index in [0.717, 1.165) is 34.8 Å². The number of carbonyl (C=O) groups excluding carboxylic acids is 2. The number of benzene rings is 1. The molecule has 5 aliphatic rings. The molecule has 0 bridgehead atoms. The Morgan fingerprint density at radius 3 is 2.51 bits per heavy atom. The summed E-state index contributed by atoms with van der Waals surface area (Å²) in [5.41, 5.74) is 4.42. The molecule has 3 fully saturated rings. The number of fused-ring (bicyclic) bond motifs is 1. The van der Waals surface area contributed by atoms with Crippen molar-refractivity contribution in [2.45, 2.75) is 25.0 Å². The number of anilines is 1. The Hall–Kier alpha value is -4.06. The molecule has 7 rings (SSSR count). The lowest BCUT2D eigenvalue weighted by atomic mass is 9.98. The van der Waals surface area contributed by atoms with Gasteiger partial charge in [0.2, 0.25) is 5.91 Å². The summed E-state index contributed by atoms with van der Waals surface area (Å²) in [5.74, 6) is 1.10. The molecule has 3 saturated heterocycles. The number of hydrogen-bond acceptors (Lipinski definition) is 9. The van der Waals surface area contributed by atoms with Crippen LogP contribution in [0.15, 0.2) is 65.6 Å². The van der Waals surface area contributed by atoms with E-state index in [4.69, 9.17) is 19.2 Å². The molecule has 0 atom stereocenters. The van der Waals surface area contributed by atoms with E-state index < -0.39 is 5.79 Å². The lowest BCUT2D eigenvalue weighted by Crippen LogP contribution is -2.47. The summed E-state index contributed by atoms with van der Waals surface area (Å²) in [6.45, 7) is 6.37. The fourth-order valence-corrected chi connectivity index (χ4v) is 6.21. The number of aliphatic imine (C=N–C) groups is 1. The number of likely N-dealkylation sites (tertiary alicyclic amines) is 1. The van der Waals surface area contributed by atoms with Gasteiger partial charge in [-0.1, -0.05) is 24.3 Å². The van der Waals surface area contributed by atoms with Gasteiger partial charge in [0, 0.05) is 63.5 Å². The van der Waals surface area contributed by atoms with Crippen molar-refractivity contribution in [3.05, 3.63) is 77.3 Å². The quantitative estimate of drug-likeness (QED) is 0.552. The topological polar surface area (TPSA) is 109 Å². The lowest BCUT2D eigenvalue weighted by Gasteiger charge is -2.37. The fraction of sp³-hybridized carbons (Fsp3) is 0.438. The molecule has 2 aromatic rings. The van der Waals surface area contributed by atoms with Crippen LogP contribution in [0.25, 0.3) is 5.57 Å². The number of morpholine rings is 1. The summed E-state index contributed by atoms with van der Waals surface area (Å²) in [6, 6.07) is 11.8. The van der Waals surface area contributed by atoms with E-state index in [1.807, 2.05) is 23.1 Å². The van der Waals surface area contributed by atoms with Gasteiger partial charge in [-0.05, 0) is 29.3 Å². The van der Waals surface area contributed by atoms with Crippen LogP contribution >= 0.6 is 0 Å². The van der Waals surface area contributed by atoms with Gasteiger partial charge in [0.15, 0.2) is 11.6 Å². The number of nitrogens with one attached hydrogen (secondary N) is 1. The largest absolute Gasteiger partial charge is 0.378 e. The van der Waals surface area contributed by atoms with E-state index in [0.29, 0.717) is 89.8 Å². The van der Waals surface area contributed by atoms with E-state index in [9.17, 15) is 9.59 Å². The Kier molecular flexibility index (Phi) is 7.69. The SMILES string of the molecule is O=C(Cc1cccc(C2=CN3CCN=C3C(Nc3ccc(C(=O)N4CCOCC4)cn3)=C2)c1)N1CCC2(CC1)OCCO2. The van der Waals surface area contributed by atoms with Crippen molar-refractivity contribution in [2.24, 2.45) is 4.99 Å². The smallest absolute Gasteiger partial charge is 0.255 e. The molecule has 2 amide bonds. The lowest BCUT2D eigenvalue weighted by molar-refractivity contribution is -0.187. The Morgan fingerprint density at radius 1 is 0.930 bits per heavy atom. The van der Waals surface area contributed by atoms with E-state index in [2.05, 4.69) is 39.6 Å². The molecule has 11 heteroatoms. The van der Waals surface area contributed by atoms with Crippen molar-refractivity contribution in [2.75, 3.05) is 71.0 Å². The van der Waals surface area contributed by atoms with Crippen molar-refractivity contribution in [1.82, 2.24) is 19.7 Å². The first-order valence-electron chi connectivity index (χ1n) is 15.1. The molecule has 0 unspecified atom stereocenters. The van der Waals surface area contributed by atoms with E-state index in [1.165, 1.54) is 0 Å². The Balaban J connectivity index is 1.03. The summed E-state index contributed by atoms with van der Waals surface area (Å²) in [4.78, 5) is 41.1. The third-order valence-corrected chi connectivity index (χ3v) is 8.59. The summed E-state index contributed by atoms with van der Waals surface area (Å²) in [6.07, 6.45) is 7.58. The van der Waals surface area contributed by atoms with E-state index in [-0.39, 0.29) is 11.8 Å². The van der Waals surface area contributed by atoms with E-state index >= 15 is 0 Å². The predicted molar refractivity (Wildman–Crippen MR) is 160 cm³/mol. The molecule has 43 heavy (non-hydrogen) atoms. The van der Waals surface area contributed by atoms with Gasteiger partial charge in [0.25, 0.3) is 5.91 Å². The Morgan fingerprint density at radius 2 is 1.74 bits per heavy atom. The molecule has 6 heterocycles. The summed E-state index contributed by atoms with van der Waals surface area (Å²) < 4.78 is 17.0. The molecule has 0 aliphatic carbocycles. The highest BCUT2D eigenvalue weighted by atomic mass is 16.7. The number of rotatable bonds is 6. The monoisotopic (exact) mass is 584 g/mol. The van der Waals surface area contributed by atoms with Crippen LogP contribution in [0.5, 0.6) is 0 Å². The number of amidine groups is 1. The molecule has 11 nitrogen and oxygen atoms in total. The van der Waals surface area contributed by atoms with Crippen molar-refractivity contribution >= 4 is 29.0 Å². The zero-order valence-electron chi connectivity index (χ0n) is 24.2. The third kappa shape index (κ3) is 5.93. The number of hydrogen-bond donors (Lipinski definition) is 1. The Bertz CT molecular complexity index is 1460. The second kappa shape index (κ2) is 11.9. The number of carbonyl (C=O) groups is 2. The highest BCUT2D eigenvalue weighted by Gasteiger charge is 2.40. The number of pyridine rings is 1. The molecule has 1 N–H and O–H groups in total. The molecule has 5 aliphatic heterocycles. The first-order valence-corrected chi connectivity index (χ1v) is 15.1. The molecular formula is C32H36N6O5. The predicted octanol–water partition coefficient (Wildman–Crippen LogP) is 2.53. The highest BCUT2D eigenvalue weighted by molar-refractivity contribution is 6.07. The second-order valence-corrected chi connectivity index (χ2v) is 11.4. The van der Waals surface area contributed by atoms with Gasteiger partial charge in [0.05, 0.1) is 50.7 Å². The maximum Gasteiger partial charge on any atom is 0.255 e. The van der Waals surface area contributed by atoms with Crippen molar-refractivity contribution < 1.29 is 23.8 Å². The number of ether oxygens (including phenoxy) is 3. The number of nitrogens with zero attached hydrogens (tertiary/aromatic N) is 5. The fourth-order valence-electron chi connectivity index (χ4n) is 6.21. The number of amides is 2.